The van der Waals surface area contributed by atoms with Gasteiger partial charge in [-0.15, -0.1) is 0 Å². The fraction of sp³-hybridized carbons (Fsp3) is 0.750. The van der Waals surface area contributed by atoms with E-state index >= 15 is 0 Å². The molecule has 0 aliphatic heterocycles. The summed E-state index contributed by atoms with van der Waals surface area (Å²) < 4.78 is 0. The number of nitrogens with zero attached hydrogens (tertiary/aromatic N) is 1. The minimum atomic E-state index is -0.797. The smallest absolute Gasteiger partial charge is 0.237 e. The van der Waals surface area contributed by atoms with E-state index in [2.05, 4.69) is 0 Å². The molecule has 5 nitrogen and oxygen atoms in total. The summed E-state index contributed by atoms with van der Waals surface area (Å²) in [5, 5.41) is 0. The van der Waals surface area contributed by atoms with E-state index in [9.17, 15) is 9.59 Å². The van der Waals surface area contributed by atoms with Crippen LogP contribution in [0.4, 0.5) is 0 Å². The van der Waals surface area contributed by atoms with Crippen molar-refractivity contribution < 1.29 is 9.59 Å². The molecule has 0 radical (unpaired) electrons. The van der Waals surface area contributed by atoms with Gasteiger partial charge >= 0.3 is 0 Å². The Kier molecular flexibility index (Phi) is 3.87. The van der Waals surface area contributed by atoms with Crippen molar-refractivity contribution in [2.75, 3.05) is 14.1 Å². The lowest BCUT2D eigenvalue weighted by Gasteiger charge is -2.32. The molecule has 0 spiro atoms. The summed E-state index contributed by atoms with van der Waals surface area (Å²) in [7, 11) is 3.48. The predicted molar refractivity (Wildman–Crippen MR) is 49.7 cm³/mol. The highest BCUT2D eigenvalue weighted by Crippen LogP contribution is 2.17. The van der Waals surface area contributed by atoms with Crippen molar-refractivity contribution in [2.24, 2.45) is 11.5 Å². The quantitative estimate of drug-likeness (QED) is 0.582. The number of amides is 2. The Morgan fingerprint density at radius 3 is 2.00 bits per heavy atom. The number of likely N-dealkylation sites (N-methyl/N-ethyl adjacent to an activating group) is 1. The molecule has 0 rings (SSSR count). The topological polar surface area (TPSA) is 89.4 Å². The standard InChI is InChI=1S/C8H17N3O2/c1-8(7(10)13,11(2)3)5-4-6(9)12/h4-5H2,1-3H3,(H2,9,12)(H2,10,13)/t8-/m0/s1. The van der Waals surface area contributed by atoms with E-state index < -0.39 is 17.4 Å². The van der Waals surface area contributed by atoms with Gasteiger partial charge < -0.3 is 11.5 Å². The van der Waals surface area contributed by atoms with Crippen molar-refractivity contribution >= 4 is 11.8 Å². The van der Waals surface area contributed by atoms with Crippen molar-refractivity contribution in [1.29, 1.82) is 0 Å². The number of rotatable bonds is 5. The number of primary amides is 2. The second-order valence-corrected chi connectivity index (χ2v) is 3.50. The first kappa shape index (κ1) is 11.9. The van der Waals surface area contributed by atoms with Gasteiger partial charge in [0.2, 0.25) is 11.8 Å². The molecule has 1 atom stereocenters. The van der Waals surface area contributed by atoms with Gasteiger partial charge in [0.1, 0.15) is 0 Å². The molecule has 2 amide bonds. The maximum atomic E-state index is 11.1. The first-order valence-corrected chi connectivity index (χ1v) is 4.06. The second-order valence-electron chi connectivity index (χ2n) is 3.50. The normalized spacial score (nSPS) is 15.4. The minimum Gasteiger partial charge on any atom is -0.370 e. The van der Waals surface area contributed by atoms with E-state index in [-0.39, 0.29) is 6.42 Å². The SMILES string of the molecule is CN(C)[C@@](C)(CCC(N)=O)C(N)=O. The maximum Gasteiger partial charge on any atom is 0.237 e. The van der Waals surface area contributed by atoms with E-state index in [0.717, 1.165) is 0 Å². The third-order valence-corrected chi connectivity index (χ3v) is 2.38. The molecular weight excluding hydrogens is 170 g/mol. The third kappa shape index (κ3) is 3.02. The Labute approximate surface area is 78.1 Å². The van der Waals surface area contributed by atoms with Crippen LogP contribution < -0.4 is 11.5 Å². The Morgan fingerprint density at radius 1 is 1.31 bits per heavy atom. The highest BCUT2D eigenvalue weighted by atomic mass is 16.2. The van der Waals surface area contributed by atoms with Crippen LogP contribution in [0, 0.1) is 0 Å². The summed E-state index contributed by atoms with van der Waals surface area (Å²) in [5.41, 5.74) is 9.42. The van der Waals surface area contributed by atoms with Gasteiger partial charge in [0.15, 0.2) is 0 Å². The van der Waals surface area contributed by atoms with Crippen LogP contribution in [0.2, 0.25) is 0 Å². The summed E-state index contributed by atoms with van der Waals surface area (Å²) >= 11 is 0. The molecule has 0 heterocycles. The molecule has 0 unspecified atom stereocenters. The summed E-state index contributed by atoms with van der Waals surface area (Å²) in [6, 6.07) is 0. The molecule has 4 N–H and O–H groups in total. The molecule has 0 aliphatic rings. The number of carbonyl (C=O) groups is 2. The van der Waals surface area contributed by atoms with E-state index in [4.69, 9.17) is 11.5 Å². The molecule has 0 fully saturated rings. The van der Waals surface area contributed by atoms with Gasteiger partial charge in [0, 0.05) is 6.42 Å². The lowest BCUT2D eigenvalue weighted by atomic mass is 9.93. The molecule has 0 aromatic carbocycles. The lowest BCUT2D eigenvalue weighted by Crippen LogP contribution is -2.52. The third-order valence-electron chi connectivity index (χ3n) is 2.38. The van der Waals surface area contributed by atoms with Crippen LogP contribution in [0.25, 0.3) is 0 Å². The summed E-state index contributed by atoms with van der Waals surface area (Å²) in [6.07, 6.45) is 0.516. The molecule has 0 aliphatic carbocycles. The zero-order chi connectivity index (χ0) is 10.6. The maximum absolute atomic E-state index is 11.1. The van der Waals surface area contributed by atoms with Crippen molar-refractivity contribution in [3.8, 4) is 0 Å². The molecular formula is C8H17N3O2. The van der Waals surface area contributed by atoms with Gasteiger partial charge in [-0.3, -0.25) is 14.5 Å². The number of carbonyl (C=O) groups excluding carboxylic acids is 2. The zero-order valence-electron chi connectivity index (χ0n) is 8.33. The first-order valence-electron chi connectivity index (χ1n) is 4.06. The first-order chi connectivity index (χ1) is 5.80. The fourth-order valence-electron chi connectivity index (χ4n) is 0.934. The summed E-state index contributed by atoms with van der Waals surface area (Å²) in [6.45, 7) is 1.69. The Bertz CT molecular complexity index is 215. The molecule has 0 aromatic heterocycles. The monoisotopic (exact) mass is 187 g/mol. The molecule has 0 aromatic rings. The van der Waals surface area contributed by atoms with Gasteiger partial charge in [-0.25, -0.2) is 0 Å². The minimum absolute atomic E-state index is 0.164. The molecule has 0 saturated heterocycles. The van der Waals surface area contributed by atoms with Crippen molar-refractivity contribution in [2.45, 2.75) is 25.3 Å². The van der Waals surface area contributed by atoms with Crippen LogP contribution in [-0.2, 0) is 9.59 Å². The highest BCUT2D eigenvalue weighted by Gasteiger charge is 2.33. The van der Waals surface area contributed by atoms with Crippen LogP contribution in [-0.4, -0.2) is 36.3 Å². The summed E-state index contributed by atoms with van der Waals surface area (Å²) in [5.74, 6) is -0.868. The van der Waals surface area contributed by atoms with Gasteiger partial charge in [-0.2, -0.15) is 0 Å². The van der Waals surface area contributed by atoms with Gasteiger partial charge in [-0.1, -0.05) is 0 Å². The number of hydrogen-bond donors (Lipinski definition) is 2. The second kappa shape index (κ2) is 4.23. The Hall–Kier alpha value is -1.10. The molecule has 0 bridgehead atoms. The lowest BCUT2D eigenvalue weighted by molar-refractivity contribution is -0.128. The largest absolute Gasteiger partial charge is 0.370 e. The molecule has 13 heavy (non-hydrogen) atoms. The van der Waals surface area contributed by atoms with Gasteiger partial charge in [0.25, 0.3) is 0 Å². The Balaban J connectivity index is 4.43. The van der Waals surface area contributed by atoms with E-state index in [0.29, 0.717) is 6.42 Å². The molecule has 76 valence electrons. The van der Waals surface area contributed by atoms with Crippen molar-refractivity contribution in [3.63, 3.8) is 0 Å². The van der Waals surface area contributed by atoms with Crippen LogP contribution >= 0.6 is 0 Å². The zero-order valence-corrected chi connectivity index (χ0v) is 8.33. The van der Waals surface area contributed by atoms with Crippen LogP contribution in [0.1, 0.15) is 19.8 Å². The van der Waals surface area contributed by atoms with Crippen molar-refractivity contribution in [1.82, 2.24) is 4.90 Å². The fourth-order valence-corrected chi connectivity index (χ4v) is 0.934. The van der Waals surface area contributed by atoms with Crippen LogP contribution in [0.5, 0.6) is 0 Å². The average Bonchev–Trinajstić information content (AvgIpc) is 1.99. The average molecular weight is 187 g/mol. The summed E-state index contributed by atoms with van der Waals surface area (Å²) in [4.78, 5) is 23.3. The van der Waals surface area contributed by atoms with Crippen LogP contribution in [0.15, 0.2) is 0 Å². The number of hydrogen-bond acceptors (Lipinski definition) is 3. The van der Waals surface area contributed by atoms with Crippen molar-refractivity contribution in [3.05, 3.63) is 0 Å². The van der Waals surface area contributed by atoms with Crippen LogP contribution in [0.3, 0.4) is 0 Å². The van der Waals surface area contributed by atoms with E-state index in [1.807, 2.05) is 0 Å². The van der Waals surface area contributed by atoms with Gasteiger partial charge in [0.05, 0.1) is 5.54 Å². The van der Waals surface area contributed by atoms with Gasteiger partial charge in [-0.05, 0) is 27.4 Å². The van der Waals surface area contributed by atoms with E-state index in [1.54, 1.807) is 25.9 Å². The Morgan fingerprint density at radius 2 is 1.77 bits per heavy atom. The van der Waals surface area contributed by atoms with E-state index in [1.165, 1.54) is 0 Å². The molecule has 5 heteroatoms. The number of nitrogens with two attached hydrogens (primary N) is 2. The highest BCUT2D eigenvalue weighted by molar-refractivity contribution is 5.85. The predicted octanol–water partition coefficient (Wildman–Crippen LogP) is -0.942. The molecule has 0 saturated carbocycles.